The van der Waals surface area contributed by atoms with Crippen molar-refractivity contribution in [2.24, 2.45) is 0 Å². The molecule has 2 aliphatic rings. The zero-order chi connectivity index (χ0) is 12.1. The van der Waals surface area contributed by atoms with Gasteiger partial charge in [0.2, 0.25) is 0 Å². The Labute approximate surface area is 118 Å². The lowest BCUT2D eigenvalue weighted by molar-refractivity contribution is 0.102. The van der Waals surface area contributed by atoms with Gasteiger partial charge in [-0.15, -0.1) is 0 Å². The van der Waals surface area contributed by atoms with Crippen molar-refractivity contribution in [1.82, 2.24) is 0 Å². The second-order valence-corrected chi connectivity index (χ2v) is 5.72. The van der Waals surface area contributed by atoms with Gasteiger partial charge in [-0.2, -0.15) is 0 Å². The fraction of sp³-hybridized carbons (Fsp3) is 0.500. The van der Waals surface area contributed by atoms with Crippen molar-refractivity contribution in [2.75, 3.05) is 26.4 Å². The lowest BCUT2D eigenvalue weighted by atomic mass is 10.4. The number of rotatable bonds is 4. The zero-order valence-electron chi connectivity index (χ0n) is 9.27. The lowest BCUT2D eigenvalue weighted by Gasteiger charge is -1.95. The van der Waals surface area contributed by atoms with Crippen LogP contribution in [0.25, 0.3) is 0 Å². The monoisotopic (exact) mass is 364 g/mol. The van der Waals surface area contributed by atoms with Crippen molar-refractivity contribution in [3.8, 4) is 0 Å². The fourth-order valence-electron chi connectivity index (χ4n) is 1.09. The Morgan fingerprint density at radius 1 is 0.941 bits per heavy atom. The summed E-state index contributed by atoms with van der Waals surface area (Å²) >= 11 is 6.65. The first-order valence-corrected chi connectivity index (χ1v) is 7.04. The highest BCUT2D eigenvalue weighted by Gasteiger charge is 2.26. The van der Waals surface area contributed by atoms with Gasteiger partial charge in [0.15, 0.2) is 0 Å². The van der Waals surface area contributed by atoms with Crippen LogP contribution in [0, 0.1) is 0 Å². The Balaban J connectivity index is 0.000000128. The van der Waals surface area contributed by atoms with Crippen LogP contribution in [0.2, 0.25) is 0 Å². The molecule has 2 heterocycles. The molecule has 1 aromatic rings. The molecule has 0 spiro atoms. The summed E-state index contributed by atoms with van der Waals surface area (Å²) in [7, 11) is 0. The summed E-state index contributed by atoms with van der Waals surface area (Å²) in [4.78, 5) is 0. The molecule has 0 saturated carbocycles. The molecule has 2 saturated heterocycles. The van der Waals surface area contributed by atoms with E-state index in [1.54, 1.807) is 0 Å². The van der Waals surface area contributed by atoms with E-state index in [9.17, 15) is 0 Å². The topological polar surface area (TPSA) is 34.3 Å². The van der Waals surface area contributed by atoms with Crippen LogP contribution in [-0.4, -0.2) is 38.6 Å². The normalized spacial score (nSPS) is 24.8. The predicted octanol–water partition coefficient (Wildman–Crippen LogP) is 3.01. The van der Waals surface area contributed by atoms with Crippen LogP contribution in [-0.2, 0) is 14.2 Å². The molecule has 3 nitrogen and oxygen atoms in total. The first-order valence-electron chi connectivity index (χ1n) is 5.46. The third kappa shape index (κ3) is 6.52. The van der Waals surface area contributed by atoms with E-state index in [2.05, 4.69) is 31.9 Å². The first kappa shape index (κ1) is 13.5. The first-order chi connectivity index (χ1) is 8.24. The Morgan fingerprint density at radius 3 is 1.59 bits per heavy atom. The minimum atomic E-state index is 0.392. The van der Waals surface area contributed by atoms with Crippen molar-refractivity contribution in [3.05, 3.63) is 33.2 Å². The van der Waals surface area contributed by atoms with Crippen LogP contribution in [0.15, 0.2) is 33.2 Å². The van der Waals surface area contributed by atoms with Crippen LogP contribution < -0.4 is 0 Å². The number of hydrogen-bond donors (Lipinski definition) is 0. The molecular formula is C12H14Br2O3. The third-order valence-corrected chi connectivity index (χ3v) is 3.27. The summed E-state index contributed by atoms with van der Waals surface area (Å²) in [5.41, 5.74) is 0. The summed E-state index contributed by atoms with van der Waals surface area (Å²) < 4.78 is 17.3. The lowest BCUT2D eigenvalue weighted by Crippen LogP contribution is -2.06. The molecule has 0 aromatic heterocycles. The maximum absolute atomic E-state index is 5.23. The maximum Gasteiger partial charge on any atom is 0.104 e. The zero-order valence-corrected chi connectivity index (χ0v) is 12.4. The van der Waals surface area contributed by atoms with E-state index in [0.29, 0.717) is 12.2 Å². The molecule has 1 aromatic carbocycles. The maximum atomic E-state index is 5.23. The minimum Gasteiger partial charge on any atom is -0.376 e. The second kappa shape index (κ2) is 6.85. The molecule has 5 heteroatoms. The molecule has 0 N–H and O–H groups in total. The fourth-order valence-corrected chi connectivity index (χ4v) is 1.62. The van der Waals surface area contributed by atoms with E-state index in [4.69, 9.17) is 14.2 Å². The Hall–Kier alpha value is 0.0600. The second-order valence-electron chi connectivity index (χ2n) is 3.88. The molecule has 0 radical (unpaired) electrons. The Morgan fingerprint density at radius 2 is 1.29 bits per heavy atom. The smallest absolute Gasteiger partial charge is 0.104 e. The van der Waals surface area contributed by atoms with Crippen molar-refractivity contribution in [1.29, 1.82) is 0 Å². The Kier molecular flexibility index (Phi) is 5.44. The van der Waals surface area contributed by atoms with Gasteiger partial charge in [-0.25, -0.2) is 0 Å². The van der Waals surface area contributed by atoms with E-state index in [0.717, 1.165) is 35.4 Å². The van der Waals surface area contributed by atoms with E-state index in [1.165, 1.54) is 0 Å². The van der Waals surface area contributed by atoms with Gasteiger partial charge >= 0.3 is 0 Å². The molecule has 17 heavy (non-hydrogen) atoms. The highest BCUT2D eigenvalue weighted by Crippen LogP contribution is 2.14. The van der Waals surface area contributed by atoms with Gasteiger partial charge in [-0.1, -0.05) is 31.9 Å². The quantitative estimate of drug-likeness (QED) is 0.769. The molecule has 2 fully saturated rings. The van der Waals surface area contributed by atoms with Gasteiger partial charge in [0.25, 0.3) is 0 Å². The standard InChI is InChI=1S/C6H4Br2.C6H10O3/c7-5-1-2-6(8)4-3-5;1(5-3-8-5)7-2-6-4-9-6/h1-4H;5-6H,1-4H2. The average Bonchev–Trinajstić information content (AvgIpc) is 3.16. The SMILES string of the molecule is Brc1ccc(Br)cc1.C(OCC1CO1)C1CO1. The van der Waals surface area contributed by atoms with E-state index in [1.807, 2.05) is 24.3 Å². The highest BCUT2D eigenvalue weighted by molar-refractivity contribution is 9.11. The van der Waals surface area contributed by atoms with Crippen LogP contribution in [0.5, 0.6) is 0 Å². The summed E-state index contributed by atoms with van der Waals surface area (Å²) in [6.45, 7) is 3.26. The van der Waals surface area contributed by atoms with Crippen LogP contribution in [0.3, 0.4) is 0 Å². The Bertz CT molecular complexity index is 301. The third-order valence-electron chi connectivity index (χ3n) is 2.22. The summed E-state index contributed by atoms with van der Waals surface area (Å²) in [6.07, 6.45) is 0.785. The van der Waals surface area contributed by atoms with Gasteiger partial charge in [-0.3, -0.25) is 0 Å². The highest BCUT2D eigenvalue weighted by atomic mass is 79.9. The van der Waals surface area contributed by atoms with E-state index < -0.39 is 0 Å². The van der Waals surface area contributed by atoms with Crippen molar-refractivity contribution < 1.29 is 14.2 Å². The summed E-state index contributed by atoms with van der Waals surface area (Å²) in [5.74, 6) is 0. The minimum absolute atomic E-state index is 0.392. The van der Waals surface area contributed by atoms with Crippen molar-refractivity contribution >= 4 is 31.9 Å². The molecular weight excluding hydrogens is 352 g/mol. The van der Waals surface area contributed by atoms with Gasteiger partial charge in [-0.05, 0) is 24.3 Å². The molecule has 3 rings (SSSR count). The van der Waals surface area contributed by atoms with E-state index >= 15 is 0 Å². The molecule has 0 aliphatic carbocycles. The molecule has 94 valence electrons. The number of ether oxygens (including phenoxy) is 3. The molecule has 0 bridgehead atoms. The molecule has 0 amide bonds. The van der Waals surface area contributed by atoms with Gasteiger partial charge in [0, 0.05) is 8.95 Å². The van der Waals surface area contributed by atoms with Gasteiger partial charge in [0.05, 0.1) is 26.4 Å². The summed E-state index contributed by atoms with van der Waals surface area (Å²) in [5, 5.41) is 0. The number of halogens is 2. The van der Waals surface area contributed by atoms with E-state index in [-0.39, 0.29) is 0 Å². The van der Waals surface area contributed by atoms with Crippen LogP contribution >= 0.6 is 31.9 Å². The number of hydrogen-bond acceptors (Lipinski definition) is 3. The molecule has 2 aliphatic heterocycles. The molecule has 2 unspecified atom stereocenters. The van der Waals surface area contributed by atoms with Gasteiger partial charge in [0.1, 0.15) is 12.2 Å². The van der Waals surface area contributed by atoms with Gasteiger partial charge < -0.3 is 14.2 Å². The summed E-state index contributed by atoms with van der Waals surface area (Å²) in [6, 6.07) is 7.96. The number of epoxide rings is 2. The molecule has 2 atom stereocenters. The van der Waals surface area contributed by atoms with Crippen LogP contribution in [0.4, 0.5) is 0 Å². The predicted molar refractivity (Wildman–Crippen MR) is 72.1 cm³/mol. The van der Waals surface area contributed by atoms with Crippen LogP contribution in [0.1, 0.15) is 0 Å². The van der Waals surface area contributed by atoms with Crippen molar-refractivity contribution in [3.63, 3.8) is 0 Å². The number of benzene rings is 1. The average molecular weight is 366 g/mol. The van der Waals surface area contributed by atoms with Crippen molar-refractivity contribution in [2.45, 2.75) is 12.2 Å². The largest absolute Gasteiger partial charge is 0.376 e.